The topological polar surface area (TPSA) is 82.7 Å². The first kappa shape index (κ1) is 15.7. The third-order valence-electron chi connectivity index (χ3n) is 4.41. The fourth-order valence-corrected chi connectivity index (χ4v) is 2.57. The molecule has 3 rings (SSSR count). The largest absolute Gasteiger partial charge is 0.325 e. The van der Waals surface area contributed by atoms with Crippen LogP contribution in [-0.2, 0) is 4.79 Å². The summed E-state index contributed by atoms with van der Waals surface area (Å²) in [4.78, 5) is 17.0. The van der Waals surface area contributed by atoms with E-state index in [1.165, 1.54) is 0 Å². The van der Waals surface area contributed by atoms with E-state index in [1.807, 2.05) is 31.2 Å². The summed E-state index contributed by atoms with van der Waals surface area (Å²) in [7, 11) is 0. The molecule has 23 heavy (non-hydrogen) atoms. The lowest BCUT2D eigenvalue weighted by Gasteiger charge is -2.31. The third kappa shape index (κ3) is 3.27. The first-order valence-corrected chi connectivity index (χ1v) is 8.09. The summed E-state index contributed by atoms with van der Waals surface area (Å²) in [6, 6.07) is 7.66. The molecule has 2 aromatic rings. The number of anilines is 1. The minimum Gasteiger partial charge on any atom is -0.325 e. The molecule has 1 saturated heterocycles. The maximum atomic E-state index is 12.5. The van der Waals surface area contributed by atoms with Crippen LogP contribution in [0.5, 0.6) is 0 Å². The van der Waals surface area contributed by atoms with Crippen LogP contribution in [0.4, 0.5) is 5.69 Å². The van der Waals surface area contributed by atoms with E-state index in [4.69, 9.17) is 0 Å². The SMILES string of the molecule is CC(C)c1nc(-c2ccccc2NC(=O)C(C)C2CNC2)n[nH]1. The minimum absolute atomic E-state index is 0.0114. The smallest absolute Gasteiger partial charge is 0.227 e. The van der Waals surface area contributed by atoms with Gasteiger partial charge in [0.25, 0.3) is 0 Å². The zero-order valence-electron chi connectivity index (χ0n) is 13.8. The molecule has 1 unspecified atom stereocenters. The molecule has 1 aromatic heterocycles. The summed E-state index contributed by atoms with van der Waals surface area (Å²) in [5, 5.41) is 13.5. The number of aromatic nitrogens is 3. The number of nitrogens with one attached hydrogen (secondary N) is 3. The van der Waals surface area contributed by atoms with Gasteiger partial charge in [0, 0.05) is 17.4 Å². The maximum Gasteiger partial charge on any atom is 0.227 e. The highest BCUT2D eigenvalue weighted by Gasteiger charge is 2.29. The summed E-state index contributed by atoms with van der Waals surface area (Å²) in [5.41, 5.74) is 1.59. The molecule has 1 amide bonds. The van der Waals surface area contributed by atoms with Crippen molar-refractivity contribution in [1.82, 2.24) is 20.5 Å². The van der Waals surface area contributed by atoms with E-state index in [9.17, 15) is 4.79 Å². The Hall–Kier alpha value is -2.21. The molecular formula is C17H23N5O. The first-order valence-electron chi connectivity index (χ1n) is 8.09. The summed E-state index contributed by atoms with van der Waals surface area (Å²) >= 11 is 0. The Bertz CT molecular complexity index is 690. The average molecular weight is 313 g/mol. The Morgan fingerprint density at radius 1 is 1.26 bits per heavy atom. The number of H-pyrrole nitrogens is 1. The van der Waals surface area contributed by atoms with E-state index in [2.05, 4.69) is 39.7 Å². The van der Waals surface area contributed by atoms with Crippen molar-refractivity contribution in [2.45, 2.75) is 26.7 Å². The van der Waals surface area contributed by atoms with Crippen molar-refractivity contribution in [2.24, 2.45) is 11.8 Å². The lowest BCUT2D eigenvalue weighted by Crippen LogP contribution is -2.48. The van der Waals surface area contributed by atoms with Crippen LogP contribution in [0, 0.1) is 11.8 Å². The molecule has 0 aliphatic carbocycles. The van der Waals surface area contributed by atoms with Gasteiger partial charge in [-0.15, -0.1) is 0 Å². The number of carbonyl (C=O) groups is 1. The van der Waals surface area contributed by atoms with Crippen molar-refractivity contribution in [3.05, 3.63) is 30.1 Å². The zero-order valence-corrected chi connectivity index (χ0v) is 13.8. The van der Waals surface area contributed by atoms with E-state index in [-0.39, 0.29) is 17.7 Å². The van der Waals surface area contributed by atoms with Crippen LogP contribution in [-0.4, -0.2) is 34.2 Å². The van der Waals surface area contributed by atoms with Gasteiger partial charge in [0.15, 0.2) is 5.82 Å². The summed E-state index contributed by atoms with van der Waals surface area (Å²) in [6.45, 7) is 7.93. The second-order valence-electron chi connectivity index (χ2n) is 6.44. The molecule has 0 saturated carbocycles. The van der Waals surface area contributed by atoms with Gasteiger partial charge < -0.3 is 10.6 Å². The molecule has 2 heterocycles. The second-order valence-corrected chi connectivity index (χ2v) is 6.44. The molecule has 6 nitrogen and oxygen atoms in total. The first-order chi connectivity index (χ1) is 11.1. The lowest BCUT2D eigenvalue weighted by atomic mass is 9.88. The Balaban J connectivity index is 1.81. The molecular weight excluding hydrogens is 290 g/mol. The summed E-state index contributed by atoms with van der Waals surface area (Å²) in [5.74, 6) is 2.19. The molecule has 1 fully saturated rings. The molecule has 0 spiro atoms. The number of nitrogens with zero attached hydrogens (tertiary/aromatic N) is 2. The quantitative estimate of drug-likeness (QED) is 0.791. The van der Waals surface area contributed by atoms with Crippen molar-refractivity contribution in [1.29, 1.82) is 0 Å². The predicted octanol–water partition coefficient (Wildman–Crippen LogP) is 2.39. The van der Waals surface area contributed by atoms with Gasteiger partial charge in [0.05, 0.1) is 5.69 Å². The number of carbonyl (C=O) groups excluding carboxylic acids is 1. The van der Waals surface area contributed by atoms with E-state index in [0.717, 1.165) is 30.2 Å². The molecule has 6 heteroatoms. The van der Waals surface area contributed by atoms with E-state index in [1.54, 1.807) is 0 Å². The van der Waals surface area contributed by atoms with Gasteiger partial charge in [0.2, 0.25) is 5.91 Å². The highest BCUT2D eigenvalue weighted by Crippen LogP contribution is 2.27. The molecule has 3 N–H and O–H groups in total. The van der Waals surface area contributed by atoms with Gasteiger partial charge in [0.1, 0.15) is 5.82 Å². The van der Waals surface area contributed by atoms with Gasteiger partial charge >= 0.3 is 0 Å². The maximum absolute atomic E-state index is 12.5. The van der Waals surface area contributed by atoms with Gasteiger partial charge in [-0.25, -0.2) is 4.98 Å². The third-order valence-corrected chi connectivity index (χ3v) is 4.41. The summed E-state index contributed by atoms with van der Waals surface area (Å²) in [6.07, 6.45) is 0. The summed E-state index contributed by atoms with van der Waals surface area (Å²) < 4.78 is 0. The van der Waals surface area contributed by atoms with E-state index in [0.29, 0.717) is 11.7 Å². The molecule has 0 bridgehead atoms. The van der Waals surface area contributed by atoms with Gasteiger partial charge in [-0.05, 0) is 31.1 Å². The van der Waals surface area contributed by atoms with Crippen molar-refractivity contribution >= 4 is 11.6 Å². The number of aromatic amines is 1. The fraction of sp³-hybridized carbons (Fsp3) is 0.471. The van der Waals surface area contributed by atoms with Crippen LogP contribution < -0.4 is 10.6 Å². The van der Waals surface area contributed by atoms with E-state index >= 15 is 0 Å². The number of para-hydroxylation sites is 1. The number of benzene rings is 1. The Morgan fingerprint density at radius 3 is 2.61 bits per heavy atom. The van der Waals surface area contributed by atoms with Crippen LogP contribution in [0.2, 0.25) is 0 Å². The monoisotopic (exact) mass is 313 g/mol. The van der Waals surface area contributed by atoms with Crippen molar-refractivity contribution in [2.75, 3.05) is 18.4 Å². The van der Waals surface area contributed by atoms with Crippen molar-refractivity contribution in [3.8, 4) is 11.4 Å². The second kappa shape index (κ2) is 6.50. The van der Waals surface area contributed by atoms with Crippen LogP contribution in [0.3, 0.4) is 0 Å². The number of rotatable bonds is 5. The van der Waals surface area contributed by atoms with Crippen LogP contribution in [0.1, 0.15) is 32.5 Å². The molecule has 1 aromatic carbocycles. The van der Waals surface area contributed by atoms with Crippen molar-refractivity contribution in [3.63, 3.8) is 0 Å². The van der Waals surface area contributed by atoms with E-state index < -0.39 is 0 Å². The standard InChI is InChI=1S/C17H23N5O/c1-10(2)15-20-16(22-21-15)13-6-4-5-7-14(13)19-17(23)11(3)12-8-18-9-12/h4-7,10-12,18H,8-9H2,1-3H3,(H,19,23)(H,20,21,22). The molecule has 1 aliphatic rings. The number of amides is 1. The minimum atomic E-state index is -0.0114. The van der Waals surface area contributed by atoms with Crippen LogP contribution in [0.25, 0.3) is 11.4 Å². The zero-order chi connectivity index (χ0) is 16.4. The fourth-order valence-electron chi connectivity index (χ4n) is 2.57. The highest BCUT2D eigenvalue weighted by molar-refractivity contribution is 5.96. The molecule has 0 radical (unpaired) electrons. The molecule has 122 valence electrons. The Labute approximate surface area is 136 Å². The molecule has 1 aliphatic heterocycles. The number of hydrogen-bond acceptors (Lipinski definition) is 4. The molecule has 1 atom stereocenters. The van der Waals surface area contributed by atoms with Crippen LogP contribution >= 0.6 is 0 Å². The average Bonchev–Trinajstić information content (AvgIpc) is 2.95. The highest BCUT2D eigenvalue weighted by atomic mass is 16.1. The Kier molecular flexibility index (Phi) is 4.43. The normalized spacial score (nSPS) is 16.2. The lowest BCUT2D eigenvalue weighted by molar-refractivity contribution is -0.121. The van der Waals surface area contributed by atoms with Gasteiger partial charge in [-0.1, -0.05) is 32.9 Å². The van der Waals surface area contributed by atoms with Crippen LogP contribution in [0.15, 0.2) is 24.3 Å². The van der Waals surface area contributed by atoms with Crippen molar-refractivity contribution < 1.29 is 4.79 Å². The van der Waals surface area contributed by atoms with Gasteiger partial charge in [-0.3, -0.25) is 9.89 Å². The van der Waals surface area contributed by atoms with Gasteiger partial charge in [-0.2, -0.15) is 5.10 Å². The number of hydrogen-bond donors (Lipinski definition) is 3. The Morgan fingerprint density at radius 2 is 2.00 bits per heavy atom. The predicted molar refractivity (Wildman–Crippen MR) is 90.1 cm³/mol.